The van der Waals surface area contributed by atoms with Crippen LogP contribution in [0.4, 0.5) is 0 Å². The first kappa shape index (κ1) is 13.1. The fourth-order valence-corrected chi connectivity index (χ4v) is 1.92. The predicted molar refractivity (Wildman–Crippen MR) is 68.5 cm³/mol. The molecule has 19 heavy (non-hydrogen) atoms. The number of hydrogen-bond acceptors (Lipinski definition) is 5. The van der Waals surface area contributed by atoms with Crippen LogP contribution >= 0.6 is 0 Å². The fraction of sp³-hybridized carbons (Fsp3) is 0.286. The van der Waals surface area contributed by atoms with Crippen LogP contribution in [0.3, 0.4) is 0 Å². The number of furan rings is 1. The summed E-state index contributed by atoms with van der Waals surface area (Å²) < 4.78 is 15.2. The smallest absolute Gasteiger partial charge is 0.313 e. The summed E-state index contributed by atoms with van der Waals surface area (Å²) in [5.74, 6) is 0.360. The van der Waals surface area contributed by atoms with Gasteiger partial charge in [0, 0.05) is 10.9 Å². The van der Waals surface area contributed by atoms with Crippen molar-refractivity contribution >= 4 is 22.7 Å². The maximum atomic E-state index is 12.1. The highest BCUT2D eigenvalue weighted by molar-refractivity contribution is 6.13. The van der Waals surface area contributed by atoms with Crippen molar-refractivity contribution in [3.05, 3.63) is 29.5 Å². The minimum atomic E-state index is -0.561. The largest absolute Gasteiger partial charge is 0.493 e. The van der Waals surface area contributed by atoms with Crippen LogP contribution in [-0.2, 0) is 9.53 Å². The van der Waals surface area contributed by atoms with Crippen molar-refractivity contribution in [3.8, 4) is 5.75 Å². The van der Waals surface area contributed by atoms with Gasteiger partial charge in [-0.1, -0.05) is 0 Å². The van der Waals surface area contributed by atoms with Crippen LogP contribution in [0.1, 0.15) is 22.5 Å². The lowest BCUT2D eigenvalue weighted by Gasteiger charge is -2.05. The van der Waals surface area contributed by atoms with Gasteiger partial charge in [-0.25, -0.2) is 0 Å². The van der Waals surface area contributed by atoms with E-state index >= 15 is 0 Å². The number of Topliss-reactive ketones (excluding diaryl/α,β-unsaturated/α-hetero) is 1. The van der Waals surface area contributed by atoms with E-state index in [1.165, 1.54) is 14.2 Å². The average molecular weight is 262 g/mol. The predicted octanol–water partition coefficient (Wildman–Crippen LogP) is 2.50. The topological polar surface area (TPSA) is 65.7 Å². The maximum Gasteiger partial charge on any atom is 0.313 e. The van der Waals surface area contributed by atoms with Crippen molar-refractivity contribution in [2.45, 2.75) is 13.3 Å². The van der Waals surface area contributed by atoms with Crippen molar-refractivity contribution in [3.63, 3.8) is 0 Å². The van der Waals surface area contributed by atoms with E-state index in [-0.39, 0.29) is 12.2 Å². The Labute approximate surface area is 110 Å². The van der Waals surface area contributed by atoms with E-state index < -0.39 is 5.97 Å². The summed E-state index contributed by atoms with van der Waals surface area (Å²) >= 11 is 0. The van der Waals surface area contributed by atoms with Crippen molar-refractivity contribution in [1.29, 1.82) is 0 Å². The molecule has 1 aromatic carbocycles. The molecule has 1 heterocycles. The van der Waals surface area contributed by atoms with E-state index in [2.05, 4.69) is 4.74 Å². The van der Waals surface area contributed by atoms with Crippen LogP contribution in [-0.4, -0.2) is 26.0 Å². The molecule has 0 radical (unpaired) electrons. The van der Waals surface area contributed by atoms with Gasteiger partial charge in [0.1, 0.15) is 12.2 Å². The van der Waals surface area contributed by atoms with Gasteiger partial charge in [0.05, 0.1) is 14.2 Å². The number of esters is 1. The number of carbonyl (C=O) groups is 2. The number of aryl methyl sites for hydroxylation is 1. The van der Waals surface area contributed by atoms with Crippen molar-refractivity contribution in [1.82, 2.24) is 0 Å². The molecular weight excluding hydrogens is 248 g/mol. The molecule has 0 amide bonds. The van der Waals surface area contributed by atoms with Gasteiger partial charge < -0.3 is 13.9 Å². The summed E-state index contributed by atoms with van der Waals surface area (Å²) in [5.41, 5.74) is 0.939. The molecule has 0 fully saturated rings. The number of methoxy groups -OCH3 is 2. The molecule has 0 aliphatic heterocycles. The van der Waals surface area contributed by atoms with Crippen LogP contribution < -0.4 is 4.74 Å². The molecule has 0 unspecified atom stereocenters. The van der Waals surface area contributed by atoms with Crippen molar-refractivity contribution in [2.75, 3.05) is 14.2 Å². The first-order valence-electron chi connectivity index (χ1n) is 5.74. The second kappa shape index (κ2) is 5.14. The number of rotatable bonds is 4. The molecular formula is C14H14O5. The molecule has 0 spiro atoms. The van der Waals surface area contributed by atoms with Gasteiger partial charge in [-0.05, 0) is 25.1 Å². The molecule has 0 aliphatic carbocycles. The molecule has 2 rings (SSSR count). The normalized spacial score (nSPS) is 10.5. The number of ketones is 1. The first-order chi connectivity index (χ1) is 9.06. The number of hydrogen-bond donors (Lipinski definition) is 0. The molecule has 0 atom stereocenters. The Hall–Kier alpha value is -2.30. The highest BCUT2D eigenvalue weighted by Crippen LogP contribution is 2.31. The van der Waals surface area contributed by atoms with Gasteiger partial charge in [-0.3, -0.25) is 9.59 Å². The zero-order valence-corrected chi connectivity index (χ0v) is 11.0. The average Bonchev–Trinajstić information content (AvgIpc) is 2.78. The molecule has 0 N–H and O–H groups in total. The first-order valence-corrected chi connectivity index (χ1v) is 5.74. The molecule has 0 aliphatic rings. The molecule has 0 bridgehead atoms. The minimum absolute atomic E-state index is 0.290. The van der Waals surface area contributed by atoms with Crippen molar-refractivity contribution < 1.29 is 23.5 Å². The molecule has 100 valence electrons. The second-order valence-electron chi connectivity index (χ2n) is 4.09. The number of benzene rings is 1. The summed E-state index contributed by atoms with van der Waals surface area (Å²) in [5, 5.41) is 0.644. The molecule has 0 saturated heterocycles. The third-order valence-corrected chi connectivity index (χ3v) is 2.82. The Morgan fingerprint density at radius 1 is 1.26 bits per heavy atom. The van der Waals surface area contributed by atoms with Gasteiger partial charge in [0.25, 0.3) is 0 Å². The fourth-order valence-electron chi connectivity index (χ4n) is 1.92. The summed E-state index contributed by atoms with van der Waals surface area (Å²) in [4.78, 5) is 23.2. The highest BCUT2D eigenvalue weighted by atomic mass is 16.5. The number of fused-ring (bicyclic) bond motifs is 1. The maximum absolute atomic E-state index is 12.1. The van der Waals surface area contributed by atoms with Crippen molar-refractivity contribution in [2.24, 2.45) is 0 Å². The third kappa shape index (κ3) is 2.45. The quantitative estimate of drug-likeness (QED) is 0.481. The summed E-state index contributed by atoms with van der Waals surface area (Å²) in [6.07, 6.45) is -0.290. The van der Waals surface area contributed by atoms with E-state index in [4.69, 9.17) is 9.15 Å². The molecule has 5 heteroatoms. The summed E-state index contributed by atoms with van der Waals surface area (Å²) in [6, 6.07) is 5.03. The lowest BCUT2D eigenvalue weighted by molar-refractivity contribution is -0.139. The van der Waals surface area contributed by atoms with E-state index in [0.717, 1.165) is 0 Å². The van der Waals surface area contributed by atoms with Crippen LogP contribution in [0, 0.1) is 6.92 Å². The van der Waals surface area contributed by atoms with Gasteiger partial charge in [0.15, 0.2) is 17.1 Å². The SMILES string of the molecule is COC(=O)CC(=O)c1ccc(OC)c2oc(C)cc12. The van der Waals surface area contributed by atoms with Gasteiger partial charge in [0.2, 0.25) is 0 Å². The van der Waals surface area contributed by atoms with Gasteiger partial charge in [-0.2, -0.15) is 0 Å². The molecule has 2 aromatic rings. The molecule has 1 aromatic heterocycles. The van der Waals surface area contributed by atoms with Crippen LogP contribution in [0.25, 0.3) is 11.0 Å². The van der Waals surface area contributed by atoms with Gasteiger partial charge >= 0.3 is 5.97 Å². The number of carbonyl (C=O) groups excluding carboxylic acids is 2. The van der Waals surface area contributed by atoms with E-state index in [0.29, 0.717) is 28.0 Å². The van der Waals surface area contributed by atoms with E-state index in [9.17, 15) is 9.59 Å². The van der Waals surface area contributed by atoms with Crippen LogP contribution in [0.5, 0.6) is 5.75 Å². The standard InChI is InChI=1S/C14H14O5/c1-8-6-10-9(11(15)7-13(16)18-3)4-5-12(17-2)14(10)19-8/h4-6H,7H2,1-3H3. The summed E-state index contributed by atoms with van der Waals surface area (Å²) in [6.45, 7) is 1.79. The van der Waals surface area contributed by atoms with Crippen LogP contribution in [0.15, 0.2) is 22.6 Å². The highest BCUT2D eigenvalue weighted by Gasteiger charge is 2.18. The zero-order chi connectivity index (χ0) is 14.0. The third-order valence-electron chi connectivity index (χ3n) is 2.82. The monoisotopic (exact) mass is 262 g/mol. The van der Waals surface area contributed by atoms with Gasteiger partial charge in [-0.15, -0.1) is 0 Å². The lowest BCUT2D eigenvalue weighted by atomic mass is 10.0. The minimum Gasteiger partial charge on any atom is -0.493 e. The zero-order valence-electron chi connectivity index (χ0n) is 11.0. The molecule has 0 saturated carbocycles. The molecule has 5 nitrogen and oxygen atoms in total. The number of ether oxygens (including phenoxy) is 2. The second-order valence-corrected chi connectivity index (χ2v) is 4.09. The lowest BCUT2D eigenvalue weighted by Crippen LogP contribution is -2.09. The Morgan fingerprint density at radius 3 is 2.63 bits per heavy atom. The van der Waals surface area contributed by atoms with E-state index in [1.54, 1.807) is 25.1 Å². The van der Waals surface area contributed by atoms with Crippen LogP contribution in [0.2, 0.25) is 0 Å². The Kier molecular flexibility index (Phi) is 3.55. The Balaban J connectivity index is 2.49. The Bertz CT molecular complexity index is 639. The Morgan fingerprint density at radius 2 is 2.00 bits per heavy atom. The van der Waals surface area contributed by atoms with E-state index in [1.807, 2.05) is 0 Å². The summed E-state index contributed by atoms with van der Waals surface area (Å²) in [7, 11) is 2.78.